The topological polar surface area (TPSA) is 23.8 Å². The standard InChI is InChI=1S/C9H13F2N/c10-9(11)6-3-1-2-4-8(9)5-7-12/h8H,1-6H2. The van der Waals surface area contributed by atoms with Gasteiger partial charge in [0.2, 0.25) is 0 Å². The fourth-order valence-corrected chi connectivity index (χ4v) is 1.71. The molecule has 0 heterocycles. The van der Waals surface area contributed by atoms with Crippen LogP contribution in [0.15, 0.2) is 0 Å². The van der Waals surface area contributed by atoms with Crippen molar-refractivity contribution in [2.45, 2.75) is 44.4 Å². The van der Waals surface area contributed by atoms with E-state index in [1.54, 1.807) is 0 Å². The van der Waals surface area contributed by atoms with Gasteiger partial charge in [-0.15, -0.1) is 0 Å². The summed E-state index contributed by atoms with van der Waals surface area (Å²) in [4.78, 5) is 0. The zero-order valence-electron chi connectivity index (χ0n) is 7.02. The van der Waals surface area contributed by atoms with Gasteiger partial charge < -0.3 is 0 Å². The first-order valence-corrected chi connectivity index (χ1v) is 4.41. The van der Waals surface area contributed by atoms with E-state index in [9.17, 15) is 8.78 Å². The second-order valence-corrected chi connectivity index (χ2v) is 3.42. The van der Waals surface area contributed by atoms with E-state index in [2.05, 4.69) is 0 Å². The average Bonchev–Trinajstić information content (AvgIpc) is 2.15. The molecule has 0 aliphatic heterocycles. The molecule has 0 aromatic carbocycles. The molecule has 3 heteroatoms. The number of rotatable bonds is 1. The van der Waals surface area contributed by atoms with Crippen LogP contribution in [0.1, 0.15) is 38.5 Å². The van der Waals surface area contributed by atoms with Crippen LogP contribution in [0.3, 0.4) is 0 Å². The number of nitriles is 1. The van der Waals surface area contributed by atoms with Gasteiger partial charge in [-0.3, -0.25) is 0 Å². The third-order valence-corrected chi connectivity index (χ3v) is 2.50. The Bertz CT molecular complexity index is 183. The maximum absolute atomic E-state index is 13.2. The lowest BCUT2D eigenvalue weighted by atomic mass is 9.93. The van der Waals surface area contributed by atoms with Gasteiger partial charge in [0.1, 0.15) is 0 Å². The molecule has 1 saturated carbocycles. The minimum atomic E-state index is -2.59. The van der Waals surface area contributed by atoms with E-state index in [-0.39, 0.29) is 12.8 Å². The van der Waals surface area contributed by atoms with E-state index >= 15 is 0 Å². The third-order valence-electron chi connectivity index (χ3n) is 2.50. The molecular formula is C9H13F2N. The van der Waals surface area contributed by atoms with Gasteiger partial charge in [0.15, 0.2) is 0 Å². The van der Waals surface area contributed by atoms with E-state index in [4.69, 9.17) is 5.26 Å². The Hall–Kier alpha value is -0.650. The average molecular weight is 173 g/mol. The highest BCUT2D eigenvalue weighted by Crippen LogP contribution is 2.38. The Morgan fingerprint density at radius 1 is 1.33 bits per heavy atom. The summed E-state index contributed by atoms with van der Waals surface area (Å²) >= 11 is 0. The lowest BCUT2D eigenvalue weighted by Crippen LogP contribution is -2.26. The molecule has 0 bridgehead atoms. The summed E-state index contributed by atoms with van der Waals surface area (Å²) in [5.41, 5.74) is 0. The summed E-state index contributed by atoms with van der Waals surface area (Å²) in [5, 5.41) is 8.36. The summed E-state index contributed by atoms with van der Waals surface area (Å²) in [6.45, 7) is 0. The Balaban J connectivity index is 2.60. The minimum Gasteiger partial charge on any atom is -0.207 e. The molecule has 0 radical (unpaired) electrons. The van der Waals surface area contributed by atoms with Crippen molar-refractivity contribution < 1.29 is 8.78 Å². The number of halogens is 2. The van der Waals surface area contributed by atoms with Gasteiger partial charge in [0, 0.05) is 18.8 Å². The predicted molar refractivity (Wildman–Crippen MR) is 41.8 cm³/mol. The maximum Gasteiger partial charge on any atom is 0.251 e. The van der Waals surface area contributed by atoms with E-state index in [1.165, 1.54) is 0 Å². The maximum atomic E-state index is 13.2. The molecule has 12 heavy (non-hydrogen) atoms. The molecule has 0 saturated heterocycles. The molecule has 1 nitrogen and oxygen atoms in total. The van der Waals surface area contributed by atoms with Crippen LogP contribution in [0, 0.1) is 17.2 Å². The molecule has 0 amide bonds. The van der Waals surface area contributed by atoms with Crippen molar-refractivity contribution in [1.82, 2.24) is 0 Å². The van der Waals surface area contributed by atoms with Crippen LogP contribution in [0.2, 0.25) is 0 Å². The van der Waals surface area contributed by atoms with Crippen LogP contribution in [-0.2, 0) is 0 Å². The van der Waals surface area contributed by atoms with Gasteiger partial charge in [-0.25, -0.2) is 8.78 Å². The largest absolute Gasteiger partial charge is 0.251 e. The first-order chi connectivity index (χ1) is 5.67. The Morgan fingerprint density at radius 3 is 2.75 bits per heavy atom. The fraction of sp³-hybridized carbons (Fsp3) is 0.889. The molecule has 1 fully saturated rings. The summed E-state index contributed by atoms with van der Waals surface area (Å²) in [6, 6.07) is 1.84. The smallest absolute Gasteiger partial charge is 0.207 e. The van der Waals surface area contributed by atoms with Crippen molar-refractivity contribution in [3.05, 3.63) is 0 Å². The zero-order chi connectivity index (χ0) is 9.03. The van der Waals surface area contributed by atoms with E-state index < -0.39 is 11.8 Å². The first-order valence-electron chi connectivity index (χ1n) is 4.41. The molecule has 1 rings (SSSR count). The van der Waals surface area contributed by atoms with Crippen LogP contribution in [0.25, 0.3) is 0 Å². The highest BCUT2D eigenvalue weighted by molar-refractivity contribution is 4.86. The third kappa shape index (κ3) is 2.17. The number of hydrogen-bond acceptors (Lipinski definition) is 1. The van der Waals surface area contributed by atoms with Gasteiger partial charge in [-0.1, -0.05) is 12.8 Å². The van der Waals surface area contributed by atoms with Gasteiger partial charge in [-0.05, 0) is 12.8 Å². The summed E-state index contributed by atoms with van der Waals surface area (Å²) in [6.07, 6.45) is 2.83. The lowest BCUT2D eigenvalue weighted by Gasteiger charge is -2.21. The molecule has 0 aromatic rings. The van der Waals surface area contributed by atoms with Crippen LogP contribution < -0.4 is 0 Å². The van der Waals surface area contributed by atoms with Crippen LogP contribution in [0.5, 0.6) is 0 Å². The highest BCUT2D eigenvalue weighted by Gasteiger charge is 2.39. The molecular weight excluding hydrogens is 160 g/mol. The van der Waals surface area contributed by atoms with E-state index in [0.29, 0.717) is 12.8 Å². The van der Waals surface area contributed by atoms with Gasteiger partial charge in [0.05, 0.1) is 6.07 Å². The molecule has 1 unspecified atom stereocenters. The number of hydrogen-bond donors (Lipinski definition) is 0. The van der Waals surface area contributed by atoms with Crippen molar-refractivity contribution in [2.75, 3.05) is 0 Å². The second-order valence-electron chi connectivity index (χ2n) is 3.42. The summed E-state index contributed by atoms with van der Waals surface area (Å²) < 4.78 is 26.3. The zero-order valence-corrected chi connectivity index (χ0v) is 7.02. The lowest BCUT2D eigenvalue weighted by molar-refractivity contribution is -0.0617. The molecule has 0 spiro atoms. The van der Waals surface area contributed by atoms with Crippen molar-refractivity contribution in [3.63, 3.8) is 0 Å². The summed E-state index contributed by atoms with van der Waals surface area (Å²) in [5.74, 6) is -3.28. The number of alkyl halides is 2. The van der Waals surface area contributed by atoms with Crippen LogP contribution in [0.4, 0.5) is 8.78 Å². The minimum absolute atomic E-state index is 0.00694. The second kappa shape index (κ2) is 3.84. The summed E-state index contributed by atoms with van der Waals surface area (Å²) in [7, 11) is 0. The van der Waals surface area contributed by atoms with Gasteiger partial charge in [0.25, 0.3) is 5.92 Å². The molecule has 68 valence electrons. The van der Waals surface area contributed by atoms with Crippen molar-refractivity contribution >= 4 is 0 Å². The predicted octanol–water partition coefficient (Wildman–Crippen LogP) is 3.12. The molecule has 1 atom stereocenters. The van der Waals surface area contributed by atoms with E-state index in [1.807, 2.05) is 6.07 Å². The number of nitrogens with zero attached hydrogens (tertiary/aromatic N) is 1. The molecule has 0 aromatic heterocycles. The monoisotopic (exact) mass is 173 g/mol. The first kappa shape index (κ1) is 9.44. The molecule has 1 aliphatic rings. The Labute approximate surface area is 71.4 Å². The SMILES string of the molecule is N#CCC1CCCCCC1(F)F. The quantitative estimate of drug-likeness (QED) is 0.559. The van der Waals surface area contributed by atoms with Gasteiger partial charge in [-0.2, -0.15) is 5.26 Å². The fourth-order valence-electron chi connectivity index (χ4n) is 1.71. The Morgan fingerprint density at radius 2 is 2.08 bits per heavy atom. The highest BCUT2D eigenvalue weighted by atomic mass is 19.3. The van der Waals surface area contributed by atoms with Crippen molar-refractivity contribution in [1.29, 1.82) is 5.26 Å². The van der Waals surface area contributed by atoms with Crippen LogP contribution in [-0.4, -0.2) is 5.92 Å². The van der Waals surface area contributed by atoms with Crippen molar-refractivity contribution in [3.8, 4) is 6.07 Å². The molecule has 0 N–H and O–H groups in total. The van der Waals surface area contributed by atoms with Crippen LogP contribution >= 0.6 is 0 Å². The normalized spacial score (nSPS) is 28.9. The van der Waals surface area contributed by atoms with Gasteiger partial charge >= 0.3 is 0 Å². The molecule has 1 aliphatic carbocycles. The van der Waals surface area contributed by atoms with Crippen molar-refractivity contribution in [2.24, 2.45) is 5.92 Å². The Kier molecular flexibility index (Phi) is 3.02. The van der Waals surface area contributed by atoms with E-state index in [0.717, 1.165) is 12.8 Å².